The summed E-state index contributed by atoms with van der Waals surface area (Å²) in [6.07, 6.45) is -1.42. The highest BCUT2D eigenvalue weighted by atomic mass is 127. The van der Waals surface area contributed by atoms with Crippen molar-refractivity contribution in [2.45, 2.75) is 12.7 Å². The predicted molar refractivity (Wildman–Crippen MR) is 65.4 cm³/mol. The molecule has 2 rings (SSSR count). The molecule has 18 heavy (non-hydrogen) atoms. The molecule has 2 nitrogen and oxygen atoms in total. The first-order valence-corrected chi connectivity index (χ1v) is 5.98. The Morgan fingerprint density at radius 2 is 2.00 bits per heavy atom. The standard InChI is InChI=1S/C11H7F4IN2/c12-8-2-1-7(10(3-8)11(13,14)15)5-18-6-9(16)4-17-18/h1-4,6H,5H2. The van der Waals surface area contributed by atoms with Gasteiger partial charge >= 0.3 is 6.18 Å². The zero-order valence-corrected chi connectivity index (χ0v) is 11.0. The number of hydrogen-bond acceptors (Lipinski definition) is 1. The van der Waals surface area contributed by atoms with Crippen molar-refractivity contribution in [3.05, 3.63) is 51.1 Å². The first kappa shape index (κ1) is 13.3. The van der Waals surface area contributed by atoms with Crippen LogP contribution in [0.25, 0.3) is 0 Å². The first-order chi connectivity index (χ1) is 8.36. The van der Waals surface area contributed by atoms with E-state index < -0.39 is 17.6 Å². The average molecular weight is 370 g/mol. The van der Waals surface area contributed by atoms with Crippen LogP contribution in [-0.2, 0) is 12.7 Å². The van der Waals surface area contributed by atoms with Crippen molar-refractivity contribution in [3.63, 3.8) is 0 Å². The fraction of sp³-hybridized carbons (Fsp3) is 0.182. The molecule has 0 amide bonds. The normalized spacial score (nSPS) is 11.8. The summed E-state index contributed by atoms with van der Waals surface area (Å²) < 4.78 is 53.3. The van der Waals surface area contributed by atoms with Gasteiger partial charge in [0.25, 0.3) is 0 Å². The summed E-state index contributed by atoms with van der Waals surface area (Å²) in [6.45, 7) is -0.0435. The molecule has 1 aromatic carbocycles. The van der Waals surface area contributed by atoms with Gasteiger partial charge in [0, 0.05) is 6.20 Å². The van der Waals surface area contributed by atoms with E-state index in [0.717, 1.165) is 15.7 Å². The lowest BCUT2D eigenvalue weighted by Crippen LogP contribution is -2.12. The molecule has 2 aromatic rings. The molecule has 0 aliphatic rings. The molecule has 96 valence electrons. The molecule has 0 saturated heterocycles. The van der Waals surface area contributed by atoms with E-state index >= 15 is 0 Å². The maximum Gasteiger partial charge on any atom is 0.416 e. The second-order valence-corrected chi connectivity index (χ2v) is 4.90. The second kappa shape index (κ2) is 4.87. The lowest BCUT2D eigenvalue weighted by atomic mass is 10.1. The molecule has 0 aliphatic heterocycles. The lowest BCUT2D eigenvalue weighted by Gasteiger charge is -2.12. The number of alkyl halides is 3. The number of halogens is 5. The van der Waals surface area contributed by atoms with Crippen LogP contribution in [0.15, 0.2) is 30.6 Å². The Hall–Kier alpha value is -1.12. The summed E-state index contributed by atoms with van der Waals surface area (Å²) in [7, 11) is 0. The molecule has 0 bridgehead atoms. The molecular weight excluding hydrogens is 363 g/mol. The maximum absolute atomic E-state index is 12.9. The molecule has 0 atom stereocenters. The van der Waals surface area contributed by atoms with Crippen molar-refractivity contribution in [1.82, 2.24) is 9.78 Å². The number of rotatable bonds is 2. The van der Waals surface area contributed by atoms with Gasteiger partial charge in [-0.15, -0.1) is 0 Å². The van der Waals surface area contributed by atoms with Crippen LogP contribution in [0.5, 0.6) is 0 Å². The van der Waals surface area contributed by atoms with Crippen LogP contribution in [0.3, 0.4) is 0 Å². The van der Waals surface area contributed by atoms with E-state index in [1.807, 2.05) is 22.6 Å². The Balaban J connectivity index is 2.38. The van der Waals surface area contributed by atoms with E-state index in [2.05, 4.69) is 5.10 Å². The van der Waals surface area contributed by atoms with Crippen molar-refractivity contribution < 1.29 is 17.6 Å². The van der Waals surface area contributed by atoms with E-state index in [0.29, 0.717) is 6.07 Å². The highest BCUT2D eigenvalue weighted by molar-refractivity contribution is 14.1. The molecular formula is C11H7F4IN2. The second-order valence-electron chi connectivity index (χ2n) is 3.66. The van der Waals surface area contributed by atoms with E-state index in [4.69, 9.17) is 0 Å². The van der Waals surface area contributed by atoms with Gasteiger partial charge in [-0.05, 0) is 40.3 Å². The van der Waals surface area contributed by atoms with Gasteiger partial charge in [-0.2, -0.15) is 18.3 Å². The van der Waals surface area contributed by atoms with Crippen molar-refractivity contribution in [2.24, 2.45) is 0 Å². The van der Waals surface area contributed by atoms with Crippen LogP contribution in [0.4, 0.5) is 17.6 Å². The molecule has 1 aromatic heterocycles. The quantitative estimate of drug-likeness (QED) is 0.583. The fourth-order valence-corrected chi connectivity index (χ4v) is 2.00. The summed E-state index contributed by atoms with van der Waals surface area (Å²) in [5.41, 5.74) is -0.976. The molecule has 0 spiro atoms. The van der Waals surface area contributed by atoms with E-state index in [9.17, 15) is 17.6 Å². The summed E-state index contributed by atoms with van der Waals surface area (Å²) in [5.74, 6) is -0.902. The average Bonchev–Trinajstić information content (AvgIpc) is 2.65. The van der Waals surface area contributed by atoms with Crippen molar-refractivity contribution in [2.75, 3.05) is 0 Å². The number of nitrogens with zero attached hydrogens (tertiary/aromatic N) is 2. The summed E-state index contributed by atoms with van der Waals surface area (Å²) in [4.78, 5) is 0. The van der Waals surface area contributed by atoms with Gasteiger partial charge in [-0.25, -0.2) is 4.39 Å². The predicted octanol–water partition coefficient (Wildman–Crippen LogP) is 3.69. The van der Waals surface area contributed by atoms with Crippen LogP contribution in [-0.4, -0.2) is 9.78 Å². The fourth-order valence-electron chi connectivity index (χ4n) is 1.55. The third-order valence-corrected chi connectivity index (χ3v) is 2.87. The zero-order valence-electron chi connectivity index (χ0n) is 8.88. The minimum Gasteiger partial charge on any atom is -0.267 e. The Labute approximate surface area is 114 Å². The Morgan fingerprint density at radius 1 is 1.28 bits per heavy atom. The van der Waals surface area contributed by atoms with Gasteiger partial charge in [0.15, 0.2) is 0 Å². The molecule has 0 aliphatic carbocycles. The molecule has 0 unspecified atom stereocenters. The monoisotopic (exact) mass is 370 g/mol. The summed E-state index contributed by atoms with van der Waals surface area (Å²) in [6, 6.07) is 2.65. The summed E-state index contributed by atoms with van der Waals surface area (Å²) >= 11 is 2.01. The third-order valence-electron chi connectivity index (χ3n) is 2.31. The van der Waals surface area contributed by atoms with Crippen molar-refractivity contribution in [1.29, 1.82) is 0 Å². The van der Waals surface area contributed by atoms with Gasteiger partial charge < -0.3 is 0 Å². The summed E-state index contributed by atoms with van der Waals surface area (Å²) in [5, 5.41) is 3.90. The van der Waals surface area contributed by atoms with Crippen LogP contribution in [0, 0.1) is 9.39 Å². The van der Waals surface area contributed by atoms with E-state index in [-0.39, 0.29) is 12.1 Å². The van der Waals surface area contributed by atoms with Gasteiger partial charge in [0.05, 0.1) is 21.9 Å². The minimum atomic E-state index is -4.57. The van der Waals surface area contributed by atoms with E-state index in [1.165, 1.54) is 10.9 Å². The van der Waals surface area contributed by atoms with Crippen LogP contribution < -0.4 is 0 Å². The maximum atomic E-state index is 12.9. The Morgan fingerprint density at radius 3 is 2.56 bits per heavy atom. The Bertz CT molecular complexity index is 562. The molecule has 7 heteroatoms. The lowest BCUT2D eigenvalue weighted by molar-refractivity contribution is -0.138. The first-order valence-electron chi connectivity index (χ1n) is 4.90. The van der Waals surface area contributed by atoms with Gasteiger partial charge in [0.1, 0.15) is 5.82 Å². The van der Waals surface area contributed by atoms with Crippen molar-refractivity contribution >= 4 is 22.6 Å². The van der Waals surface area contributed by atoms with E-state index in [1.54, 1.807) is 6.20 Å². The topological polar surface area (TPSA) is 17.8 Å². The smallest absolute Gasteiger partial charge is 0.267 e. The van der Waals surface area contributed by atoms with Crippen LogP contribution >= 0.6 is 22.6 Å². The Kier molecular flexibility index (Phi) is 3.60. The molecule has 0 radical (unpaired) electrons. The van der Waals surface area contributed by atoms with Gasteiger partial charge in [-0.3, -0.25) is 4.68 Å². The molecule has 0 fully saturated rings. The number of hydrogen-bond donors (Lipinski definition) is 0. The molecule has 0 saturated carbocycles. The van der Waals surface area contributed by atoms with Gasteiger partial charge in [-0.1, -0.05) is 6.07 Å². The largest absolute Gasteiger partial charge is 0.416 e. The number of aromatic nitrogens is 2. The highest BCUT2D eigenvalue weighted by Gasteiger charge is 2.33. The molecule has 1 heterocycles. The van der Waals surface area contributed by atoms with Crippen molar-refractivity contribution in [3.8, 4) is 0 Å². The number of benzene rings is 1. The zero-order chi connectivity index (χ0) is 13.3. The molecule has 0 N–H and O–H groups in total. The van der Waals surface area contributed by atoms with Crippen LogP contribution in [0.1, 0.15) is 11.1 Å². The van der Waals surface area contributed by atoms with Crippen LogP contribution in [0.2, 0.25) is 0 Å². The minimum absolute atomic E-state index is 0.0107. The SMILES string of the molecule is Fc1ccc(Cn2cc(I)cn2)c(C(F)(F)F)c1. The highest BCUT2D eigenvalue weighted by Crippen LogP contribution is 2.32. The third kappa shape index (κ3) is 3.01. The van der Waals surface area contributed by atoms with Gasteiger partial charge in [0.2, 0.25) is 0 Å².